The topological polar surface area (TPSA) is 29.1 Å². The van der Waals surface area contributed by atoms with Gasteiger partial charge in [-0.15, -0.1) is 0 Å². The second-order valence-electron chi connectivity index (χ2n) is 4.40. The van der Waals surface area contributed by atoms with E-state index in [4.69, 9.17) is 11.6 Å². The number of hydrogen-bond acceptors (Lipinski definition) is 2. The Kier molecular flexibility index (Phi) is 7.56. The van der Waals surface area contributed by atoms with E-state index < -0.39 is 10.8 Å². The fourth-order valence-electron chi connectivity index (χ4n) is 1.74. The summed E-state index contributed by atoms with van der Waals surface area (Å²) in [5, 5.41) is 4.13. The van der Waals surface area contributed by atoms with E-state index in [1.54, 1.807) is 0 Å². The first kappa shape index (κ1) is 15.7. The number of rotatable bonds is 8. The zero-order valence-electron chi connectivity index (χ0n) is 11.1. The normalized spacial score (nSPS) is 14.4. The van der Waals surface area contributed by atoms with E-state index in [-0.39, 0.29) is 0 Å². The molecule has 0 amide bonds. The lowest BCUT2D eigenvalue weighted by Crippen LogP contribution is -2.34. The summed E-state index contributed by atoms with van der Waals surface area (Å²) in [4.78, 5) is 0. The molecule has 2 nitrogen and oxygen atoms in total. The Balaban J connectivity index is 2.48. The third kappa shape index (κ3) is 5.51. The monoisotopic (exact) mass is 287 g/mol. The van der Waals surface area contributed by atoms with E-state index in [0.717, 1.165) is 24.9 Å². The van der Waals surface area contributed by atoms with Crippen LogP contribution in [-0.4, -0.2) is 22.5 Å². The number of nitrogens with one attached hydrogen (secondary N) is 1. The molecule has 18 heavy (non-hydrogen) atoms. The zero-order chi connectivity index (χ0) is 13.4. The first-order valence-electron chi connectivity index (χ1n) is 6.49. The average Bonchev–Trinajstić information content (AvgIpc) is 2.37. The average molecular weight is 288 g/mol. The molecular weight excluding hydrogens is 266 g/mol. The molecule has 2 unspecified atom stereocenters. The maximum absolute atomic E-state index is 12.1. The Morgan fingerprint density at radius 1 is 1.33 bits per heavy atom. The molecule has 0 aromatic heterocycles. The molecule has 0 aliphatic carbocycles. The summed E-state index contributed by atoms with van der Waals surface area (Å²) >= 11 is 6.07. The minimum atomic E-state index is -0.862. The van der Waals surface area contributed by atoms with Gasteiger partial charge >= 0.3 is 0 Å². The van der Waals surface area contributed by atoms with Crippen molar-refractivity contribution in [2.45, 2.75) is 38.5 Å². The lowest BCUT2D eigenvalue weighted by Gasteiger charge is -2.16. The highest BCUT2D eigenvalue weighted by Gasteiger charge is 2.11. The van der Waals surface area contributed by atoms with E-state index >= 15 is 0 Å². The van der Waals surface area contributed by atoms with Crippen molar-refractivity contribution in [2.75, 3.05) is 12.3 Å². The summed E-state index contributed by atoms with van der Waals surface area (Å²) < 4.78 is 12.1. The van der Waals surface area contributed by atoms with Crippen molar-refractivity contribution in [2.24, 2.45) is 0 Å². The van der Waals surface area contributed by atoms with Crippen LogP contribution in [0.1, 0.15) is 32.3 Å². The molecule has 1 aromatic rings. The SMILES string of the molecule is CCCNC(CC)CS(=O)Cc1ccccc1Cl. The summed E-state index contributed by atoms with van der Waals surface area (Å²) in [5.74, 6) is 1.24. The van der Waals surface area contributed by atoms with Crippen LogP contribution >= 0.6 is 11.6 Å². The molecular formula is C14H22ClNOS. The van der Waals surface area contributed by atoms with Crippen molar-refractivity contribution < 1.29 is 4.21 Å². The van der Waals surface area contributed by atoms with Crippen molar-refractivity contribution in [3.8, 4) is 0 Å². The van der Waals surface area contributed by atoms with Crippen molar-refractivity contribution in [3.63, 3.8) is 0 Å². The maximum Gasteiger partial charge on any atom is 0.0501 e. The summed E-state index contributed by atoms with van der Waals surface area (Å²) in [6, 6.07) is 7.96. The van der Waals surface area contributed by atoms with Crippen LogP contribution in [0.4, 0.5) is 0 Å². The number of hydrogen-bond donors (Lipinski definition) is 1. The van der Waals surface area contributed by atoms with E-state index in [1.807, 2.05) is 24.3 Å². The maximum atomic E-state index is 12.1. The van der Waals surface area contributed by atoms with Crippen molar-refractivity contribution in [1.82, 2.24) is 5.32 Å². The van der Waals surface area contributed by atoms with Gasteiger partial charge in [0.15, 0.2) is 0 Å². The molecule has 102 valence electrons. The number of halogens is 1. The third-order valence-electron chi connectivity index (χ3n) is 2.84. The lowest BCUT2D eigenvalue weighted by atomic mass is 10.2. The largest absolute Gasteiger partial charge is 0.313 e. The summed E-state index contributed by atoms with van der Waals surface area (Å²) in [6.45, 7) is 5.25. The molecule has 0 spiro atoms. The number of benzene rings is 1. The van der Waals surface area contributed by atoms with Crippen LogP contribution in [0.3, 0.4) is 0 Å². The molecule has 0 aliphatic rings. The van der Waals surface area contributed by atoms with Crippen LogP contribution in [0.25, 0.3) is 0 Å². The van der Waals surface area contributed by atoms with Crippen LogP contribution in [-0.2, 0) is 16.6 Å². The summed E-state index contributed by atoms with van der Waals surface area (Å²) in [7, 11) is -0.862. The Labute approximate surface area is 118 Å². The Morgan fingerprint density at radius 2 is 2.06 bits per heavy atom. The molecule has 0 fully saturated rings. The van der Waals surface area contributed by atoms with Gasteiger partial charge in [-0.1, -0.05) is 43.6 Å². The fourth-order valence-corrected chi connectivity index (χ4v) is 3.54. The van der Waals surface area contributed by atoms with Gasteiger partial charge in [-0.2, -0.15) is 0 Å². The standard InChI is InChI=1S/C14H22ClNOS/c1-3-9-16-13(4-2)11-18(17)10-12-7-5-6-8-14(12)15/h5-8,13,16H,3-4,9-11H2,1-2H3. The molecule has 0 saturated heterocycles. The van der Waals surface area contributed by atoms with Gasteiger partial charge in [0.25, 0.3) is 0 Å². The van der Waals surface area contributed by atoms with E-state index in [1.165, 1.54) is 0 Å². The highest BCUT2D eigenvalue weighted by atomic mass is 35.5. The van der Waals surface area contributed by atoms with Crippen LogP contribution in [0.5, 0.6) is 0 Å². The molecule has 0 radical (unpaired) electrons. The van der Waals surface area contributed by atoms with Crippen LogP contribution in [0, 0.1) is 0 Å². The van der Waals surface area contributed by atoms with Crippen LogP contribution in [0.15, 0.2) is 24.3 Å². The molecule has 0 heterocycles. The molecule has 0 saturated carbocycles. The minimum absolute atomic E-state index is 0.341. The zero-order valence-corrected chi connectivity index (χ0v) is 12.7. The first-order valence-corrected chi connectivity index (χ1v) is 8.35. The van der Waals surface area contributed by atoms with Crippen LogP contribution < -0.4 is 5.32 Å². The summed E-state index contributed by atoms with van der Waals surface area (Å²) in [6.07, 6.45) is 2.11. The fraction of sp³-hybridized carbons (Fsp3) is 0.571. The molecule has 1 N–H and O–H groups in total. The Hall–Kier alpha value is -0.380. The quantitative estimate of drug-likeness (QED) is 0.794. The van der Waals surface area contributed by atoms with Gasteiger partial charge in [0.1, 0.15) is 0 Å². The van der Waals surface area contributed by atoms with E-state index in [0.29, 0.717) is 22.6 Å². The lowest BCUT2D eigenvalue weighted by molar-refractivity contribution is 0.533. The molecule has 1 rings (SSSR count). The van der Waals surface area contributed by atoms with Gasteiger partial charge in [-0.3, -0.25) is 4.21 Å². The highest BCUT2D eigenvalue weighted by Crippen LogP contribution is 2.17. The van der Waals surface area contributed by atoms with Gasteiger partial charge in [0.2, 0.25) is 0 Å². The predicted octanol–water partition coefficient (Wildman–Crippen LogP) is 3.37. The van der Waals surface area contributed by atoms with Gasteiger partial charge in [0, 0.05) is 27.6 Å². The highest BCUT2D eigenvalue weighted by molar-refractivity contribution is 7.84. The Bertz CT molecular complexity index is 384. The summed E-state index contributed by atoms with van der Waals surface area (Å²) in [5.41, 5.74) is 0.975. The van der Waals surface area contributed by atoms with Gasteiger partial charge in [0.05, 0.1) is 5.75 Å². The van der Waals surface area contributed by atoms with Gasteiger partial charge in [-0.25, -0.2) is 0 Å². The molecule has 0 bridgehead atoms. The minimum Gasteiger partial charge on any atom is -0.313 e. The molecule has 0 aliphatic heterocycles. The first-order chi connectivity index (χ1) is 8.67. The molecule has 1 aromatic carbocycles. The second-order valence-corrected chi connectivity index (χ2v) is 6.31. The molecule has 4 heteroatoms. The van der Waals surface area contributed by atoms with E-state index in [9.17, 15) is 4.21 Å². The van der Waals surface area contributed by atoms with Crippen molar-refractivity contribution in [1.29, 1.82) is 0 Å². The van der Waals surface area contributed by atoms with E-state index in [2.05, 4.69) is 19.2 Å². The second kappa shape index (κ2) is 8.68. The smallest absolute Gasteiger partial charge is 0.0501 e. The third-order valence-corrected chi connectivity index (χ3v) is 4.61. The van der Waals surface area contributed by atoms with Gasteiger partial charge < -0.3 is 5.32 Å². The van der Waals surface area contributed by atoms with Gasteiger partial charge in [-0.05, 0) is 31.0 Å². The predicted molar refractivity (Wildman–Crippen MR) is 80.5 cm³/mol. The van der Waals surface area contributed by atoms with Crippen molar-refractivity contribution >= 4 is 22.4 Å². The Morgan fingerprint density at radius 3 is 2.67 bits per heavy atom. The van der Waals surface area contributed by atoms with Crippen molar-refractivity contribution in [3.05, 3.63) is 34.9 Å². The van der Waals surface area contributed by atoms with Crippen LogP contribution in [0.2, 0.25) is 5.02 Å². The molecule has 2 atom stereocenters.